The van der Waals surface area contributed by atoms with Crippen LogP contribution in [0, 0.1) is 0 Å². The molecular formula is C6H13NOS. The maximum atomic E-state index is 9.26. The molecule has 0 aromatic rings. The van der Waals surface area contributed by atoms with Gasteiger partial charge < -0.3 is 10.8 Å². The van der Waals surface area contributed by atoms with Gasteiger partial charge in [-0.1, -0.05) is 0 Å². The van der Waals surface area contributed by atoms with E-state index in [0.29, 0.717) is 5.25 Å². The first-order valence-corrected chi connectivity index (χ1v) is 4.49. The predicted molar refractivity (Wildman–Crippen MR) is 40.5 cm³/mol. The van der Waals surface area contributed by atoms with E-state index in [-0.39, 0.29) is 12.1 Å². The number of rotatable bonds is 1. The molecule has 0 aromatic carbocycles. The van der Waals surface area contributed by atoms with E-state index in [1.54, 1.807) is 11.8 Å². The SMILES string of the molecule is CS[C@H]1C[C@H](N)C[C@@H]1O. The van der Waals surface area contributed by atoms with Gasteiger partial charge in [0.1, 0.15) is 0 Å². The fourth-order valence-electron chi connectivity index (χ4n) is 1.27. The Balaban J connectivity index is 2.38. The van der Waals surface area contributed by atoms with Crippen molar-refractivity contribution in [2.24, 2.45) is 5.73 Å². The van der Waals surface area contributed by atoms with Crippen LogP contribution in [0.5, 0.6) is 0 Å². The van der Waals surface area contributed by atoms with Crippen LogP contribution in [0.25, 0.3) is 0 Å². The van der Waals surface area contributed by atoms with Crippen LogP contribution in [-0.2, 0) is 0 Å². The van der Waals surface area contributed by atoms with Gasteiger partial charge in [-0.3, -0.25) is 0 Å². The molecule has 0 unspecified atom stereocenters. The van der Waals surface area contributed by atoms with Crippen molar-refractivity contribution in [2.75, 3.05) is 6.26 Å². The summed E-state index contributed by atoms with van der Waals surface area (Å²) in [5.41, 5.74) is 5.62. The third kappa shape index (κ3) is 1.60. The van der Waals surface area contributed by atoms with Crippen LogP contribution in [0.1, 0.15) is 12.8 Å². The Kier molecular flexibility index (Phi) is 2.38. The summed E-state index contributed by atoms with van der Waals surface area (Å²) in [6, 6.07) is 0.234. The quantitative estimate of drug-likeness (QED) is 0.557. The number of nitrogens with two attached hydrogens (primary N) is 1. The Morgan fingerprint density at radius 1 is 1.56 bits per heavy atom. The zero-order valence-electron chi connectivity index (χ0n) is 5.58. The second kappa shape index (κ2) is 2.90. The summed E-state index contributed by atoms with van der Waals surface area (Å²) in [4.78, 5) is 0. The lowest BCUT2D eigenvalue weighted by atomic mass is 10.3. The largest absolute Gasteiger partial charge is 0.392 e. The third-order valence-electron chi connectivity index (χ3n) is 1.81. The van der Waals surface area contributed by atoms with E-state index in [4.69, 9.17) is 5.73 Å². The van der Waals surface area contributed by atoms with Crippen LogP contribution in [0.4, 0.5) is 0 Å². The highest BCUT2D eigenvalue weighted by Gasteiger charge is 2.29. The van der Waals surface area contributed by atoms with Gasteiger partial charge in [-0.05, 0) is 19.1 Å². The first-order chi connectivity index (χ1) is 4.24. The summed E-state index contributed by atoms with van der Waals surface area (Å²) < 4.78 is 0. The zero-order valence-corrected chi connectivity index (χ0v) is 6.40. The van der Waals surface area contributed by atoms with Gasteiger partial charge in [-0.15, -0.1) is 0 Å². The van der Waals surface area contributed by atoms with Crippen molar-refractivity contribution < 1.29 is 5.11 Å². The fourth-order valence-corrected chi connectivity index (χ4v) is 2.13. The van der Waals surface area contributed by atoms with E-state index in [1.165, 1.54) is 0 Å². The average Bonchev–Trinajstić information content (AvgIpc) is 2.10. The second-order valence-electron chi connectivity index (χ2n) is 2.57. The summed E-state index contributed by atoms with van der Waals surface area (Å²) >= 11 is 1.71. The minimum absolute atomic E-state index is 0.157. The molecule has 0 heterocycles. The number of hydrogen-bond acceptors (Lipinski definition) is 3. The minimum Gasteiger partial charge on any atom is -0.392 e. The molecule has 3 heteroatoms. The molecule has 54 valence electrons. The molecule has 9 heavy (non-hydrogen) atoms. The number of thioether (sulfide) groups is 1. The van der Waals surface area contributed by atoms with Crippen LogP contribution >= 0.6 is 11.8 Å². The van der Waals surface area contributed by atoms with Crippen molar-refractivity contribution in [2.45, 2.75) is 30.2 Å². The van der Waals surface area contributed by atoms with Gasteiger partial charge in [0.05, 0.1) is 6.10 Å². The summed E-state index contributed by atoms with van der Waals surface area (Å²) in [7, 11) is 0. The highest BCUT2D eigenvalue weighted by Crippen LogP contribution is 2.27. The van der Waals surface area contributed by atoms with Crippen LogP contribution in [0.15, 0.2) is 0 Å². The van der Waals surface area contributed by atoms with Gasteiger partial charge >= 0.3 is 0 Å². The molecule has 0 bridgehead atoms. The Labute approximate surface area is 59.8 Å². The maximum Gasteiger partial charge on any atom is 0.0674 e. The van der Waals surface area contributed by atoms with Crippen molar-refractivity contribution >= 4 is 11.8 Å². The lowest BCUT2D eigenvalue weighted by Gasteiger charge is -2.08. The molecule has 1 rings (SSSR count). The molecule has 1 aliphatic carbocycles. The van der Waals surface area contributed by atoms with Crippen molar-refractivity contribution in [3.8, 4) is 0 Å². The van der Waals surface area contributed by atoms with Crippen molar-refractivity contribution in [3.63, 3.8) is 0 Å². The zero-order chi connectivity index (χ0) is 6.85. The van der Waals surface area contributed by atoms with Gasteiger partial charge in [0.15, 0.2) is 0 Å². The van der Waals surface area contributed by atoms with Crippen LogP contribution in [-0.4, -0.2) is 28.8 Å². The van der Waals surface area contributed by atoms with Gasteiger partial charge in [0.25, 0.3) is 0 Å². The number of aliphatic hydroxyl groups excluding tert-OH is 1. The van der Waals surface area contributed by atoms with Gasteiger partial charge in [-0.2, -0.15) is 11.8 Å². The van der Waals surface area contributed by atoms with Crippen LogP contribution in [0.3, 0.4) is 0 Å². The van der Waals surface area contributed by atoms with Crippen LogP contribution in [0.2, 0.25) is 0 Å². The predicted octanol–water partition coefficient (Wildman–Crippen LogP) is 0.200. The Morgan fingerprint density at radius 3 is 2.44 bits per heavy atom. The number of hydrogen-bond donors (Lipinski definition) is 2. The van der Waals surface area contributed by atoms with Crippen molar-refractivity contribution in [1.29, 1.82) is 0 Å². The van der Waals surface area contributed by atoms with Crippen molar-refractivity contribution in [1.82, 2.24) is 0 Å². The van der Waals surface area contributed by atoms with E-state index >= 15 is 0 Å². The molecule has 0 amide bonds. The third-order valence-corrected chi connectivity index (χ3v) is 2.92. The molecule has 0 aliphatic heterocycles. The molecule has 3 atom stereocenters. The van der Waals surface area contributed by atoms with E-state index in [9.17, 15) is 5.11 Å². The molecule has 1 aliphatic rings. The molecule has 2 nitrogen and oxygen atoms in total. The Hall–Kier alpha value is 0.270. The smallest absolute Gasteiger partial charge is 0.0674 e. The van der Waals surface area contributed by atoms with E-state index in [0.717, 1.165) is 12.8 Å². The molecular weight excluding hydrogens is 134 g/mol. The van der Waals surface area contributed by atoms with Crippen molar-refractivity contribution in [3.05, 3.63) is 0 Å². The lowest BCUT2D eigenvalue weighted by molar-refractivity contribution is 0.186. The topological polar surface area (TPSA) is 46.2 Å². The second-order valence-corrected chi connectivity index (χ2v) is 3.65. The molecule has 3 N–H and O–H groups in total. The van der Waals surface area contributed by atoms with E-state index in [2.05, 4.69) is 0 Å². The van der Waals surface area contributed by atoms with Crippen LogP contribution < -0.4 is 5.73 Å². The summed E-state index contributed by atoms with van der Waals surface area (Å²) in [5.74, 6) is 0. The highest BCUT2D eigenvalue weighted by atomic mass is 32.2. The first kappa shape index (κ1) is 7.38. The van der Waals surface area contributed by atoms with Gasteiger partial charge in [0, 0.05) is 11.3 Å². The summed E-state index contributed by atoms with van der Waals surface area (Å²) in [6.45, 7) is 0. The standard InChI is InChI=1S/C6H13NOS/c1-9-6-3-4(7)2-5(6)8/h4-6,8H,2-3,7H2,1H3/t4-,5+,6+/m1/s1. The molecule has 1 fully saturated rings. The highest BCUT2D eigenvalue weighted by molar-refractivity contribution is 7.99. The first-order valence-electron chi connectivity index (χ1n) is 3.20. The molecule has 0 radical (unpaired) electrons. The molecule has 0 saturated heterocycles. The minimum atomic E-state index is -0.157. The summed E-state index contributed by atoms with van der Waals surface area (Å²) in [6.07, 6.45) is 3.62. The fraction of sp³-hybridized carbons (Fsp3) is 1.00. The molecule has 0 spiro atoms. The van der Waals surface area contributed by atoms with Gasteiger partial charge in [-0.25, -0.2) is 0 Å². The van der Waals surface area contributed by atoms with E-state index < -0.39 is 0 Å². The van der Waals surface area contributed by atoms with E-state index in [1.807, 2.05) is 6.26 Å². The van der Waals surface area contributed by atoms with Gasteiger partial charge in [0.2, 0.25) is 0 Å². The Bertz CT molecular complexity index is 99.1. The normalized spacial score (nSPS) is 43.7. The Morgan fingerprint density at radius 2 is 2.22 bits per heavy atom. The lowest BCUT2D eigenvalue weighted by Crippen LogP contribution is -2.15. The summed E-state index contributed by atoms with van der Waals surface area (Å²) in [5, 5.41) is 9.65. The average molecular weight is 147 g/mol. The molecule has 1 saturated carbocycles. The maximum absolute atomic E-state index is 9.26. The molecule has 0 aromatic heterocycles. The monoisotopic (exact) mass is 147 g/mol. The number of aliphatic hydroxyl groups is 1.